The van der Waals surface area contributed by atoms with Crippen molar-refractivity contribution in [1.82, 2.24) is 9.80 Å². The van der Waals surface area contributed by atoms with Crippen molar-refractivity contribution in [2.45, 2.75) is 64.0 Å². The van der Waals surface area contributed by atoms with Gasteiger partial charge in [-0.1, -0.05) is 85.8 Å². The molecule has 2 aromatic carbocycles. The molecule has 1 saturated carbocycles. The number of aryl methyl sites for hydroxylation is 1. The van der Waals surface area contributed by atoms with E-state index in [2.05, 4.69) is 12.1 Å². The molecule has 4 nitrogen and oxygen atoms in total. The SMILES string of the molecule is Cc1ccc([C@H]2C(=O)N(C3CCCCCC3)CC(=O)N2CCc2ccccc2)cc1. The lowest BCUT2D eigenvalue weighted by Crippen LogP contribution is -2.58. The summed E-state index contributed by atoms with van der Waals surface area (Å²) in [6.45, 7) is 2.83. The maximum absolute atomic E-state index is 13.7. The van der Waals surface area contributed by atoms with E-state index in [0.717, 1.165) is 43.2 Å². The van der Waals surface area contributed by atoms with Gasteiger partial charge in [0.05, 0.1) is 0 Å². The molecule has 1 saturated heterocycles. The van der Waals surface area contributed by atoms with Crippen LogP contribution in [-0.2, 0) is 16.0 Å². The maximum Gasteiger partial charge on any atom is 0.250 e. The molecule has 1 aliphatic heterocycles. The Hall–Kier alpha value is -2.62. The number of hydrogen-bond donors (Lipinski definition) is 0. The lowest BCUT2D eigenvalue weighted by Gasteiger charge is -2.43. The van der Waals surface area contributed by atoms with E-state index in [1.165, 1.54) is 18.4 Å². The van der Waals surface area contributed by atoms with Crippen molar-refractivity contribution in [3.05, 3.63) is 71.3 Å². The predicted octanol–water partition coefficient (Wildman–Crippen LogP) is 4.67. The number of carbonyl (C=O) groups excluding carboxylic acids is 2. The molecule has 158 valence electrons. The highest BCUT2D eigenvalue weighted by Gasteiger charge is 2.42. The third kappa shape index (κ3) is 4.58. The molecule has 30 heavy (non-hydrogen) atoms. The lowest BCUT2D eigenvalue weighted by atomic mass is 9.96. The zero-order valence-electron chi connectivity index (χ0n) is 17.9. The summed E-state index contributed by atoms with van der Waals surface area (Å²) in [6, 6.07) is 18.0. The molecule has 0 spiro atoms. The fourth-order valence-electron chi connectivity index (χ4n) is 4.85. The van der Waals surface area contributed by atoms with E-state index in [1.807, 2.05) is 59.2 Å². The molecular weight excluding hydrogens is 372 g/mol. The summed E-state index contributed by atoms with van der Waals surface area (Å²) < 4.78 is 0. The van der Waals surface area contributed by atoms with Gasteiger partial charge in [0.1, 0.15) is 12.6 Å². The quantitative estimate of drug-likeness (QED) is 0.680. The normalized spacial score (nSPS) is 21.0. The van der Waals surface area contributed by atoms with Crippen LogP contribution in [0.1, 0.15) is 61.3 Å². The summed E-state index contributed by atoms with van der Waals surface area (Å²) in [5, 5.41) is 0. The molecule has 4 heteroatoms. The minimum Gasteiger partial charge on any atom is -0.328 e. The zero-order chi connectivity index (χ0) is 20.9. The molecular formula is C26H32N2O2. The van der Waals surface area contributed by atoms with Crippen LogP contribution in [0.25, 0.3) is 0 Å². The molecule has 1 aliphatic carbocycles. The van der Waals surface area contributed by atoms with Crippen molar-refractivity contribution < 1.29 is 9.59 Å². The smallest absolute Gasteiger partial charge is 0.250 e. The molecule has 2 aromatic rings. The first-order valence-corrected chi connectivity index (χ1v) is 11.3. The standard InChI is InChI=1S/C26H32N2O2/c1-20-13-15-22(16-14-20)25-26(30)28(23-11-7-2-3-8-12-23)19-24(29)27(25)18-17-21-9-5-4-6-10-21/h4-6,9-10,13-16,23,25H,2-3,7-8,11-12,17-19H2,1H3/t25-/m0/s1. The number of nitrogens with zero attached hydrogens (tertiary/aromatic N) is 2. The van der Waals surface area contributed by atoms with Crippen LogP contribution < -0.4 is 0 Å². The van der Waals surface area contributed by atoms with Crippen molar-refractivity contribution in [3.8, 4) is 0 Å². The number of piperazine rings is 1. The molecule has 0 N–H and O–H groups in total. The van der Waals surface area contributed by atoms with Crippen LogP contribution in [0.15, 0.2) is 54.6 Å². The Labute approximate surface area is 179 Å². The van der Waals surface area contributed by atoms with Crippen molar-refractivity contribution in [2.75, 3.05) is 13.1 Å². The van der Waals surface area contributed by atoms with Gasteiger partial charge in [-0.25, -0.2) is 0 Å². The minimum absolute atomic E-state index is 0.0698. The number of carbonyl (C=O) groups is 2. The zero-order valence-corrected chi connectivity index (χ0v) is 17.9. The Balaban J connectivity index is 1.60. The Kier molecular flexibility index (Phi) is 6.51. The molecule has 2 aliphatic rings. The highest BCUT2D eigenvalue weighted by molar-refractivity contribution is 5.95. The molecule has 2 amide bonds. The van der Waals surface area contributed by atoms with E-state index >= 15 is 0 Å². The van der Waals surface area contributed by atoms with Crippen LogP contribution in [0.5, 0.6) is 0 Å². The van der Waals surface area contributed by atoms with Crippen molar-refractivity contribution in [1.29, 1.82) is 0 Å². The van der Waals surface area contributed by atoms with Gasteiger partial charge in [0.2, 0.25) is 5.91 Å². The van der Waals surface area contributed by atoms with E-state index < -0.39 is 6.04 Å². The molecule has 1 atom stereocenters. The van der Waals surface area contributed by atoms with E-state index in [1.54, 1.807) is 0 Å². The van der Waals surface area contributed by atoms with Crippen LogP contribution in [0, 0.1) is 6.92 Å². The molecule has 0 bridgehead atoms. The molecule has 1 heterocycles. The highest BCUT2D eigenvalue weighted by Crippen LogP contribution is 2.32. The molecule has 2 fully saturated rings. The second-order valence-electron chi connectivity index (χ2n) is 8.75. The van der Waals surface area contributed by atoms with Crippen LogP contribution in [-0.4, -0.2) is 40.7 Å². The third-order valence-electron chi connectivity index (χ3n) is 6.60. The van der Waals surface area contributed by atoms with Gasteiger partial charge in [-0.3, -0.25) is 9.59 Å². The maximum atomic E-state index is 13.7. The first-order chi connectivity index (χ1) is 14.6. The van der Waals surface area contributed by atoms with Gasteiger partial charge in [0.15, 0.2) is 0 Å². The number of amides is 2. The van der Waals surface area contributed by atoms with Crippen molar-refractivity contribution in [3.63, 3.8) is 0 Å². The van der Waals surface area contributed by atoms with Gasteiger partial charge in [-0.2, -0.15) is 0 Å². The number of hydrogen-bond acceptors (Lipinski definition) is 2. The topological polar surface area (TPSA) is 40.6 Å². The van der Waals surface area contributed by atoms with E-state index in [9.17, 15) is 9.59 Å². The van der Waals surface area contributed by atoms with Crippen molar-refractivity contribution >= 4 is 11.8 Å². The third-order valence-corrected chi connectivity index (χ3v) is 6.60. The second-order valence-corrected chi connectivity index (χ2v) is 8.75. The fourth-order valence-corrected chi connectivity index (χ4v) is 4.85. The van der Waals surface area contributed by atoms with Gasteiger partial charge in [-0.15, -0.1) is 0 Å². The summed E-state index contributed by atoms with van der Waals surface area (Å²) in [7, 11) is 0. The van der Waals surface area contributed by atoms with Crippen LogP contribution in [0.2, 0.25) is 0 Å². The van der Waals surface area contributed by atoms with Crippen LogP contribution >= 0.6 is 0 Å². The van der Waals surface area contributed by atoms with E-state index in [0.29, 0.717) is 6.54 Å². The van der Waals surface area contributed by atoms with E-state index in [-0.39, 0.29) is 24.4 Å². The lowest BCUT2D eigenvalue weighted by molar-refractivity contribution is -0.158. The molecule has 0 radical (unpaired) electrons. The summed E-state index contributed by atoms with van der Waals surface area (Å²) in [5.74, 6) is 0.166. The molecule has 0 aromatic heterocycles. The first kappa shape index (κ1) is 20.6. The van der Waals surface area contributed by atoms with Crippen LogP contribution in [0.4, 0.5) is 0 Å². The average molecular weight is 405 g/mol. The van der Waals surface area contributed by atoms with Gasteiger partial charge in [-0.05, 0) is 37.3 Å². The summed E-state index contributed by atoms with van der Waals surface area (Å²) in [5.41, 5.74) is 3.27. The van der Waals surface area contributed by atoms with Gasteiger partial charge >= 0.3 is 0 Å². The van der Waals surface area contributed by atoms with Gasteiger partial charge in [0.25, 0.3) is 5.91 Å². The summed E-state index contributed by atoms with van der Waals surface area (Å²) in [6.07, 6.45) is 7.55. The monoisotopic (exact) mass is 404 g/mol. The highest BCUT2D eigenvalue weighted by atomic mass is 16.2. The molecule has 4 rings (SSSR count). The van der Waals surface area contributed by atoms with E-state index in [4.69, 9.17) is 0 Å². The Morgan fingerprint density at radius 1 is 0.867 bits per heavy atom. The summed E-state index contributed by atoms with van der Waals surface area (Å²) in [4.78, 5) is 30.7. The largest absolute Gasteiger partial charge is 0.328 e. The van der Waals surface area contributed by atoms with Gasteiger partial charge in [0, 0.05) is 12.6 Å². The average Bonchev–Trinajstić information content (AvgIpc) is 3.05. The Morgan fingerprint density at radius 2 is 1.53 bits per heavy atom. The summed E-state index contributed by atoms with van der Waals surface area (Å²) >= 11 is 0. The predicted molar refractivity (Wildman–Crippen MR) is 119 cm³/mol. The van der Waals surface area contributed by atoms with Gasteiger partial charge < -0.3 is 9.80 Å². The fraction of sp³-hybridized carbons (Fsp3) is 0.462. The number of benzene rings is 2. The second kappa shape index (κ2) is 9.46. The molecule has 0 unspecified atom stereocenters. The minimum atomic E-state index is -0.515. The Morgan fingerprint density at radius 3 is 2.20 bits per heavy atom. The van der Waals surface area contributed by atoms with Crippen LogP contribution in [0.3, 0.4) is 0 Å². The first-order valence-electron chi connectivity index (χ1n) is 11.3. The Bertz CT molecular complexity index is 854. The van der Waals surface area contributed by atoms with Crippen molar-refractivity contribution in [2.24, 2.45) is 0 Å². The number of rotatable bonds is 5.